The van der Waals surface area contributed by atoms with Crippen LogP contribution in [0.1, 0.15) is 5.69 Å². The first kappa shape index (κ1) is 12.9. The summed E-state index contributed by atoms with van der Waals surface area (Å²) in [4.78, 5) is 5.48. The number of thiazole rings is 1. The van der Waals surface area contributed by atoms with Crippen LogP contribution in [-0.2, 0) is 13.5 Å². The third kappa shape index (κ3) is 2.80. The van der Waals surface area contributed by atoms with E-state index in [1.165, 1.54) is 0 Å². The summed E-state index contributed by atoms with van der Waals surface area (Å²) in [6, 6.07) is 7.62. The van der Waals surface area contributed by atoms with Crippen LogP contribution in [0.5, 0.6) is 5.75 Å². The molecule has 0 aliphatic heterocycles. The number of rotatable bonds is 4. The zero-order valence-corrected chi connectivity index (χ0v) is 11.3. The van der Waals surface area contributed by atoms with Crippen molar-refractivity contribution in [3.63, 3.8) is 0 Å². The number of benzene rings is 1. The van der Waals surface area contributed by atoms with Gasteiger partial charge in [-0.1, -0.05) is 0 Å². The van der Waals surface area contributed by atoms with Crippen LogP contribution in [0, 0.1) is 0 Å². The Bertz CT molecular complexity index is 569. The smallest absolute Gasteiger partial charge is 0.189 e. The van der Waals surface area contributed by atoms with Crippen molar-refractivity contribution in [1.29, 1.82) is 0 Å². The summed E-state index contributed by atoms with van der Waals surface area (Å²) in [7, 11) is 3.61. The van der Waals surface area contributed by atoms with Crippen LogP contribution in [0.15, 0.2) is 34.6 Å². The van der Waals surface area contributed by atoms with Crippen molar-refractivity contribution in [2.45, 2.75) is 6.42 Å². The number of ether oxygens (including phenoxy) is 1. The molecule has 2 aromatic rings. The van der Waals surface area contributed by atoms with Crippen molar-refractivity contribution in [3.05, 3.63) is 40.1 Å². The molecule has 0 spiro atoms. The van der Waals surface area contributed by atoms with Gasteiger partial charge in [0.2, 0.25) is 0 Å². The fourth-order valence-corrected chi connectivity index (χ4v) is 2.56. The van der Waals surface area contributed by atoms with Gasteiger partial charge in [0.15, 0.2) is 4.80 Å². The van der Waals surface area contributed by atoms with Crippen LogP contribution >= 0.6 is 11.3 Å². The fraction of sp³-hybridized carbons (Fsp3) is 0.308. The molecule has 4 nitrogen and oxygen atoms in total. The predicted molar refractivity (Wildman–Crippen MR) is 72.3 cm³/mol. The number of hydrogen-bond acceptors (Lipinski definition) is 4. The highest BCUT2D eigenvalue weighted by atomic mass is 32.1. The number of aliphatic hydroxyl groups excluding tert-OH is 1. The van der Waals surface area contributed by atoms with Crippen LogP contribution in [-0.4, -0.2) is 23.4 Å². The molecule has 96 valence electrons. The summed E-state index contributed by atoms with van der Waals surface area (Å²) in [6.07, 6.45) is 0.658. The average Bonchev–Trinajstić information content (AvgIpc) is 2.73. The molecular weight excluding hydrogens is 248 g/mol. The van der Waals surface area contributed by atoms with Crippen LogP contribution < -0.4 is 9.54 Å². The molecule has 0 radical (unpaired) electrons. The lowest BCUT2D eigenvalue weighted by molar-refractivity contribution is 0.297. The Labute approximate surface area is 110 Å². The Morgan fingerprint density at radius 1 is 1.33 bits per heavy atom. The monoisotopic (exact) mass is 264 g/mol. The number of aliphatic hydroxyl groups is 1. The normalized spacial score (nSPS) is 11.8. The molecule has 0 saturated carbocycles. The molecule has 0 amide bonds. The van der Waals surface area contributed by atoms with E-state index in [9.17, 15) is 0 Å². The molecule has 1 N–H and O–H groups in total. The second-order valence-corrected chi connectivity index (χ2v) is 4.69. The van der Waals surface area contributed by atoms with Crippen LogP contribution in [0.25, 0.3) is 0 Å². The van der Waals surface area contributed by atoms with Gasteiger partial charge < -0.3 is 14.4 Å². The molecule has 1 heterocycles. The van der Waals surface area contributed by atoms with Gasteiger partial charge in [-0.25, -0.2) is 4.99 Å². The molecule has 0 atom stereocenters. The first-order chi connectivity index (χ1) is 8.74. The lowest BCUT2D eigenvalue weighted by Gasteiger charge is -2.00. The summed E-state index contributed by atoms with van der Waals surface area (Å²) in [6.45, 7) is 0.159. The maximum absolute atomic E-state index is 8.95. The lowest BCUT2D eigenvalue weighted by Crippen LogP contribution is -2.13. The van der Waals surface area contributed by atoms with E-state index in [0.29, 0.717) is 6.42 Å². The first-order valence-corrected chi connectivity index (χ1v) is 6.55. The summed E-state index contributed by atoms with van der Waals surface area (Å²) in [5.41, 5.74) is 1.98. The van der Waals surface area contributed by atoms with Gasteiger partial charge in [-0.15, -0.1) is 11.3 Å². The number of methoxy groups -OCH3 is 1. The first-order valence-electron chi connectivity index (χ1n) is 5.67. The highest BCUT2D eigenvalue weighted by molar-refractivity contribution is 7.07. The van der Waals surface area contributed by atoms with E-state index in [4.69, 9.17) is 9.84 Å². The summed E-state index contributed by atoms with van der Waals surface area (Å²) < 4.78 is 7.11. The SMILES string of the molecule is COc1ccc(N=c2scc(CCO)n2C)cc1. The zero-order valence-electron chi connectivity index (χ0n) is 10.5. The van der Waals surface area contributed by atoms with Crippen molar-refractivity contribution < 1.29 is 9.84 Å². The molecule has 0 fully saturated rings. The van der Waals surface area contributed by atoms with Gasteiger partial charge in [-0.2, -0.15) is 0 Å². The van der Waals surface area contributed by atoms with Crippen molar-refractivity contribution in [2.75, 3.05) is 13.7 Å². The second-order valence-electron chi connectivity index (χ2n) is 3.85. The third-order valence-corrected chi connectivity index (χ3v) is 3.65. The maximum Gasteiger partial charge on any atom is 0.189 e. The average molecular weight is 264 g/mol. The molecule has 0 saturated heterocycles. The van der Waals surface area contributed by atoms with Gasteiger partial charge in [0.05, 0.1) is 12.8 Å². The van der Waals surface area contributed by atoms with Gasteiger partial charge in [0.1, 0.15) is 5.75 Å². The molecule has 0 unspecified atom stereocenters. The minimum atomic E-state index is 0.159. The Hall–Kier alpha value is -1.59. The minimum Gasteiger partial charge on any atom is -0.497 e. The molecule has 0 bridgehead atoms. The molecule has 2 rings (SSSR count). The van der Waals surface area contributed by atoms with E-state index < -0.39 is 0 Å². The lowest BCUT2D eigenvalue weighted by atomic mass is 10.3. The minimum absolute atomic E-state index is 0.159. The molecule has 0 aliphatic carbocycles. The van der Waals surface area contributed by atoms with Gasteiger partial charge in [-0.3, -0.25) is 0 Å². The van der Waals surface area contributed by atoms with E-state index in [0.717, 1.165) is 21.9 Å². The van der Waals surface area contributed by atoms with Crippen molar-refractivity contribution in [1.82, 2.24) is 4.57 Å². The van der Waals surface area contributed by atoms with Crippen molar-refractivity contribution in [2.24, 2.45) is 12.0 Å². The highest BCUT2D eigenvalue weighted by Crippen LogP contribution is 2.17. The van der Waals surface area contributed by atoms with E-state index in [1.807, 2.05) is 41.3 Å². The summed E-state index contributed by atoms with van der Waals surface area (Å²) in [5.74, 6) is 0.825. The zero-order chi connectivity index (χ0) is 13.0. The molecule has 18 heavy (non-hydrogen) atoms. The highest BCUT2D eigenvalue weighted by Gasteiger charge is 2.00. The summed E-state index contributed by atoms with van der Waals surface area (Å²) >= 11 is 1.57. The maximum atomic E-state index is 8.95. The number of nitrogens with zero attached hydrogens (tertiary/aromatic N) is 2. The molecule has 1 aromatic heterocycles. The quantitative estimate of drug-likeness (QED) is 0.916. The number of aromatic nitrogens is 1. The number of hydrogen-bond donors (Lipinski definition) is 1. The van der Waals surface area contributed by atoms with Gasteiger partial charge in [-0.05, 0) is 24.3 Å². The van der Waals surface area contributed by atoms with E-state index in [2.05, 4.69) is 4.99 Å². The molecular formula is C13H16N2O2S. The van der Waals surface area contributed by atoms with Crippen LogP contribution in [0.3, 0.4) is 0 Å². The second kappa shape index (κ2) is 5.84. The topological polar surface area (TPSA) is 46.8 Å². The van der Waals surface area contributed by atoms with Gasteiger partial charge >= 0.3 is 0 Å². The van der Waals surface area contributed by atoms with Crippen molar-refractivity contribution >= 4 is 17.0 Å². The van der Waals surface area contributed by atoms with E-state index in [-0.39, 0.29) is 6.61 Å². The van der Waals surface area contributed by atoms with E-state index in [1.54, 1.807) is 18.4 Å². The summed E-state index contributed by atoms with van der Waals surface area (Å²) in [5, 5.41) is 11.0. The van der Waals surface area contributed by atoms with Gasteiger partial charge in [0, 0.05) is 31.1 Å². The Morgan fingerprint density at radius 2 is 2.06 bits per heavy atom. The standard InChI is InChI=1S/C13H16N2O2S/c1-15-11(7-8-16)9-18-13(15)14-10-3-5-12(17-2)6-4-10/h3-6,9,16H,7-8H2,1-2H3. The predicted octanol–water partition coefficient (Wildman–Crippen LogP) is 1.86. The molecule has 1 aromatic carbocycles. The Balaban J connectivity index is 2.31. The largest absolute Gasteiger partial charge is 0.497 e. The molecule has 5 heteroatoms. The molecule has 0 aliphatic rings. The van der Waals surface area contributed by atoms with Gasteiger partial charge in [0.25, 0.3) is 0 Å². The van der Waals surface area contributed by atoms with Crippen LogP contribution in [0.2, 0.25) is 0 Å². The Morgan fingerprint density at radius 3 is 2.67 bits per heavy atom. The van der Waals surface area contributed by atoms with Crippen molar-refractivity contribution in [3.8, 4) is 5.75 Å². The Kier molecular flexibility index (Phi) is 4.17. The third-order valence-electron chi connectivity index (χ3n) is 2.68. The van der Waals surface area contributed by atoms with E-state index >= 15 is 0 Å². The van der Waals surface area contributed by atoms with Crippen LogP contribution in [0.4, 0.5) is 5.69 Å². The fourth-order valence-electron chi connectivity index (χ4n) is 1.61.